The van der Waals surface area contributed by atoms with Crippen LogP contribution in [0.1, 0.15) is 12.1 Å². The number of hydrogen-bond donors (Lipinski definition) is 0. The van der Waals surface area contributed by atoms with E-state index in [9.17, 15) is 4.79 Å². The van der Waals surface area contributed by atoms with E-state index >= 15 is 0 Å². The van der Waals surface area contributed by atoms with Gasteiger partial charge in [-0.05, 0) is 12.1 Å². The first-order chi connectivity index (χ1) is 5.40. The molecule has 0 saturated heterocycles. The number of benzene rings is 1. The zero-order chi connectivity index (χ0) is 7.68. The monoisotopic (exact) mass is 148 g/mol. The average Bonchev–Trinajstić information content (AvgIpc) is 2.46. The molecule has 0 radical (unpaired) electrons. The summed E-state index contributed by atoms with van der Waals surface area (Å²) in [6.07, 6.45) is 0.597. The van der Waals surface area contributed by atoms with Crippen molar-refractivity contribution in [2.24, 2.45) is 0 Å². The fraction of sp³-hybridized carbons (Fsp3) is 0. The number of aldehydes is 1. The Morgan fingerprint density at radius 3 is 3.00 bits per heavy atom. The van der Waals surface area contributed by atoms with Crippen molar-refractivity contribution in [3.63, 3.8) is 0 Å². The molecular weight excluding hydrogens is 142 g/mol. The fourth-order valence-electron chi connectivity index (χ4n) is 0.940. The van der Waals surface area contributed by atoms with Crippen LogP contribution in [-0.4, -0.2) is 11.3 Å². The molecule has 1 heterocycles. The Bertz CT molecular complexity index is 364. The number of fused-ring (bicyclic) bond motifs is 1. The predicted octanol–water partition coefficient (Wildman–Crippen LogP) is 1.75. The van der Waals surface area contributed by atoms with Gasteiger partial charge in [-0.3, -0.25) is 4.79 Å². The summed E-state index contributed by atoms with van der Waals surface area (Å²) in [5, 5.41) is 0. The molecule has 0 fully saturated rings. The Morgan fingerprint density at radius 1 is 1.45 bits per heavy atom. The lowest BCUT2D eigenvalue weighted by Gasteiger charge is -1.79. The maximum atomic E-state index is 10.2. The molecule has 54 valence electrons. The van der Waals surface area contributed by atoms with Gasteiger partial charge < -0.3 is 4.42 Å². The Balaban J connectivity index is 0.000000720. The van der Waals surface area contributed by atoms with Crippen molar-refractivity contribution in [1.82, 2.24) is 4.98 Å². The molecule has 0 aliphatic carbocycles. The van der Waals surface area contributed by atoms with Gasteiger partial charge in [0, 0.05) is 0 Å². The second-order valence-electron chi connectivity index (χ2n) is 2.14. The van der Waals surface area contributed by atoms with Crippen LogP contribution in [0.15, 0.2) is 28.7 Å². The van der Waals surface area contributed by atoms with Crippen molar-refractivity contribution in [1.29, 1.82) is 0 Å². The number of nitrogens with zero attached hydrogens (tertiary/aromatic N) is 1. The first-order valence-electron chi connectivity index (χ1n) is 3.21. The van der Waals surface area contributed by atoms with Crippen LogP contribution in [0.3, 0.4) is 0 Å². The Kier molecular flexibility index (Phi) is 1.22. The smallest absolute Gasteiger partial charge is 0.434 e. The van der Waals surface area contributed by atoms with Crippen molar-refractivity contribution in [3.8, 4) is 0 Å². The third-order valence-electron chi connectivity index (χ3n) is 1.41. The van der Waals surface area contributed by atoms with Crippen molar-refractivity contribution in [2.75, 3.05) is 0 Å². The van der Waals surface area contributed by atoms with Crippen molar-refractivity contribution < 1.29 is 10.6 Å². The maximum absolute atomic E-state index is 10.2. The second kappa shape index (κ2) is 2.20. The molecule has 0 aliphatic heterocycles. The van der Waals surface area contributed by atoms with Crippen LogP contribution in [0.25, 0.3) is 11.1 Å². The molecule has 11 heavy (non-hydrogen) atoms. The third-order valence-corrected chi connectivity index (χ3v) is 1.41. The molecule has 0 amide bonds. The number of aromatic nitrogens is 1. The van der Waals surface area contributed by atoms with Crippen molar-refractivity contribution >= 4 is 17.4 Å². The van der Waals surface area contributed by atoms with Gasteiger partial charge in [-0.15, -0.1) is 0 Å². The molecule has 0 spiro atoms. The van der Waals surface area contributed by atoms with Crippen LogP contribution < -0.4 is 0 Å². The van der Waals surface area contributed by atoms with E-state index in [1.54, 1.807) is 12.1 Å². The van der Waals surface area contributed by atoms with Gasteiger partial charge in [0.25, 0.3) is 5.89 Å². The summed E-state index contributed by atoms with van der Waals surface area (Å²) >= 11 is 0. The Labute approximate surface area is 64.1 Å². The van der Waals surface area contributed by atoms with E-state index in [4.69, 9.17) is 4.42 Å². The van der Waals surface area contributed by atoms with Gasteiger partial charge in [0.1, 0.15) is 5.52 Å². The van der Waals surface area contributed by atoms with Gasteiger partial charge in [-0.2, -0.15) is 0 Å². The van der Waals surface area contributed by atoms with Crippen LogP contribution in [-0.2, 0) is 0 Å². The summed E-state index contributed by atoms with van der Waals surface area (Å²) < 4.78 is 5.04. The van der Waals surface area contributed by atoms with Crippen LogP contribution in [0, 0.1) is 0 Å². The first-order valence-corrected chi connectivity index (χ1v) is 3.21. The number of para-hydroxylation sites is 2. The molecule has 0 bridgehead atoms. The van der Waals surface area contributed by atoms with E-state index in [-0.39, 0.29) is 7.32 Å². The molecule has 0 aliphatic rings. The Hall–Kier alpha value is -1.64. The molecule has 2 aromatic rings. The zero-order valence-electron chi connectivity index (χ0n) is 6.65. The second-order valence-corrected chi connectivity index (χ2v) is 2.14. The van der Waals surface area contributed by atoms with Gasteiger partial charge in [-0.25, -0.2) is 4.98 Å². The summed E-state index contributed by atoms with van der Waals surface area (Å²) in [7, 11) is 0. The van der Waals surface area contributed by atoms with E-state index in [1.165, 1.54) is 0 Å². The SMILES string of the molecule is O=Cc1nc2ccccc2o1.[H+]. The Morgan fingerprint density at radius 2 is 2.27 bits per heavy atom. The minimum atomic E-state index is 0. The van der Waals surface area contributed by atoms with Crippen LogP contribution in [0.2, 0.25) is 0 Å². The van der Waals surface area contributed by atoms with E-state index in [1.807, 2.05) is 12.1 Å². The van der Waals surface area contributed by atoms with Gasteiger partial charge >= 0.3 is 1.43 Å². The lowest BCUT2D eigenvalue weighted by molar-refractivity contribution is 0.109. The standard InChI is InChI=1S/C8H5NO2/c10-5-8-9-6-3-1-2-4-7(6)11-8/h1-5H/p+1. The van der Waals surface area contributed by atoms with E-state index in [2.05, 4.69) is 4.98 Å². The molecule has 1 aromatic carbocycles. The molecule has 3 heteroatoms. The highest BCUT2D eigenvalue weighted by Gasteiger charge is 2.01. The highest BCUT2D eigenvalue weighted by molar-refractivity contribution is 5.78. The summed E-state index contributed by atoms with van der Waals surface area (Å²) in [6, 6.07) is 7.25. The summed E-state index contributed by atoms with van der Waals surface area (Å²) in [6.45, 7) is 0. The maximum Gasteiger partial charge on any atom is 1.00 e. The summed E-state index contributed by atoms with van der Waals surface area (Å²) in [5.41, 5.74) is 1.37. The number of carbonyl (C=O) groups excluding carboxylic acids is 1. The first kappa shape index (κ1) is 6.09. The largest absolute Gasteiger partial charge is 1.00 e. The van der Waals surface area contributed by atoms with Gasteiger partial charge in [-0.1, -0.05) is 12.1 Å². The molecule has 0 saturated carbocycles. The topological polar surface area (TPSA) is 43.1 Å². The fourth-order valence-corrected chi connectivity index (χ4v) is 0.940. The normalized spacial score (nSPS) is 10.2. The molecule has 0 N–H and O–H groups in total. The van der Waals surface area contributed by atoms with Crippen molar-refractivity contribution in [3.05, 3.63) is 30.2 Å². The highest BCUT2D eigenvalue weighted by atomic mass is 16.4. The van der Waals surface area contributed by atoms with Crippen LogP contribution in [0.5, 0.6) is 0 Å². The highest BCUT2D eigenvalue weighted by Crippen LogP contribution is 2.12. The third kappa shape index (κ3) is 0.902. The quantitative estimate of drug-likeness (QED) is 0.578. The van der Waals surface area contributed by atoms with Gasteiger partial charge in [0.15, 0.2) is 5.58 Å². The average molecular weight is 148 g/mol. The molecule has 0 unspecified atom stereocenters. The predicted molar refractivity (Wildman–Crippen MR) is 40.5 cm³/mol. The van der Waals surface area contributed by atoms with Gasteiger partial charge in [0.2, 0.25) is 6.29 Å². The summed E-state index contributed by atoms with van der Waals surface area (Å²) in [5.74, 6) is 0.131. The number of oxazole rings is 1. The van der Waals surface area contributed by atoms with Gasteiger partial charge in [0.05, 0.1) is 0 Å². The van der Waals surface area contributed by atoms with Crippen molar-refractivity contribution in [2.45, 2.75) is 0 Å². The minimum absolute atomic E-state index is 0. The van der Waals surface area contributed by atoms with E-state index in [0.717, 1.165) is 5.52 Å². The molecule has 3 nitrogen and oxygen atoms in total. The molecule has 0 atom stereocenters. The molecule has 1 aromatic heterocycles. The van der Waals surface area contributed by atoms with E-state index < -0.39 is 0 Å². The van der Waals surface area contributed by atoms with E-state index in [0.29, 0.717) is 11.9 Å². The van der Waals surface area contributed by atoms with Crippen LogP contribution >= 0.6 is 0 Å². The number of rotatable bonds is 1. The number of hydrogen-bond acceptors (Lipinski definition) is 3. The summed E-state index contributed by atoms with van der Waals surface area (Å²) in [4.78, 5) is 14.1. The van der Waals surface area contributed by atoms with Crippen LogP contribution in [0.4, 0.5) is 0 Å². The number of carbonyl (C=O) groups is 1. The molecule has 2 rings (SSSR count). The minimum Gasteiger partial charge on any atom is -0.434 e. The zero-order valence-corrected chi connectivity index (χ0v) is 5.65. The lowest BCUT2D eigenvalue weighted by atomic mass is 10.3. The lowest BCUT2D eigenvalue weighted by Crippen LogP contribution is -1.73. The molecular formula is C8H6NO2+.